The van der Waals surface area contributed by atoms with Crippen LogP contribution < -0.4 is 9.75 Å². The fourth-order valence-electron chi connectivity index (χ4n) is 1.76. The van der Waals surface area contributed by atoms with Crippen molar-refractivity contribution in [1.29, 1.82) is 0 Å². The molecule has 0 bridgehead atoms. The zero-order valence-corrected chi connectivity index (χ0v) is 12.9. The molecular formula is C12H12ClF2N3O2Si. The van der Waals surface area contributed by atoms with E-state index in [1.807, 2.05) is 0 Å². The van der Waals surface area contributed by atoms with Crippen molar-refractivity contribution in [3.8, 4) is 0 Å². The summed E-state index contributed by atoms with van der Waals surface area (Å²) in [7, 11) is -1.58. The maximum absolute atomic E-state index is 13.9. The molecule has 1 N–H and O–H groups in total. The molecule has 1 aromatic carbocycles. The molecule has 2 aromatic rings. The molecule has 0 aliphatic carbocycles. The molecule has 0 fully saturated rings. The van der Waals surface area contributed by atoms with Crippen molar-refractivity contribution in [2.24, 2.45) is 0 Å². The van der Waals surface area contributed by atoms with Gasteiger partial charge in [-0.25, -0.2) is 18.7 Å². The summed E-state index contributed by atoms with van der Waals surface area (Å²) in [6.07, 6.45) is 2.78. The molecule has 0 radical (unpaired) electrons. The van der Waals surface area contributed by atoms with Gasteiger partial charge in [0.15, 0.2) is 0 Å². The Kier molecular flexibility index (Phi) is 5.18. The Bertz CT molecular complexity index is 621. The maximum atomic E-state index is 13.9. The lowest BCUT2D eigenvalue weighted by Crippen LogP contribution is -2.51. The average Bonchev–Trinajstić information content (AvgIpc) is 2.49. The summed E-state index contributed by atoms with van der Waals surface area (Å²) in [4.78, 5) is 18.2. The van der Waals surface area contributed by atoms with Crippen LogP contribution in [0.15, 0.2) is 30.7 Å². The van der Waals surface area contributed by atoms with Crippen LogP contribution in [0.25, 0.3) is 0 Å². The van der Waals surface area contributed by atoms with Crippen LogP contribution in [0.2, 0.25) is 5.02 Å². The summed E-state index contributed by atoms with van der Waals surface area (Å²) in [6, 6.07) is 3.30. The molecule has 0 aliphatic rings. The molecule has 0 amide bonds. The number of anilines is 1. The van der Waals surface area contributed by atoms with Gasteiger partial charge in [-0.15, -0.1) is 0 Å². The number of hydrogen-bond donors (Lipinski definition) is 1. The number of ether oxygens (including phenoxy) is 1. The predicted octanol–water partition coefficient (Wildman–Crippen LogP) is 0.938. The third kappa shape index (κ3) is 3.53. The Morgan fingerprint density at radius 2 is 2.14 bits per heavy atom. The topological polar surface area (TPSA) is 58.5 Å². The first-order valence-corrected chi connectivity index (χ1v) is 7.87. The van der Waals surface area contributed by atoms with Crippen LogP contribution in [0, 0.1) is 11.6 Å². The van der Waals surface area contributed by atoms with Crippen molar-refractivity contribution in [3.63, 3.8) is 0 Å². The third-order valence-corrected chi connectivity index (χ3v) is 5.03. The van der Waals surface area contributed by atoms with E-state index < -0.39 is 20.8 Å². The van der Waals surface area contributed by atoms with Crippen LogP contribution >= 0.6 is 11.6 Å². The van der Waals surface area contributed by atoms with Crippen LogP contribution in [0.3, 0.4) is 0 Å². The molecule has 2 rings (SSSR count). The summed E-state index contributed by atoms with van der Waals surface area (Å²) >= 11 is 5.65. The fourth-order valence-corrected chi connectivity index (χ4v) is 3.71. The first-order valence-electron chi connectivity index (χ1n) is 5.88. The molecule has 0 spiro atoms. The normalized spacial score (nSPS) is 12.2. The molecule has 1 heterocycles. The molecule has 0 saturated carbocycles. The minimum Gasteiger partial charge on any atom is -0.414 e. The van der Waals surface area contributed by atoms with Crippen molar-refractivity contribution in [2.75, 3.05) is 18.4 Å². The van der Waals surface area contributed by atoms with E-state index in [9.17, 15) is 13.6 Å². The van der Waals surface area contributed by atoms with Gasteiger partial charge in [0.2, 0.25) is 0 Å². The van der Waals surface area contributed by atoms with Crippen LogP contribution in [0.4, 0.5) is 14.6 Å². The highest BCUT2D eigenvalue weighted by atomic mass is 35.5. The molecule has 0 saturated heterocycles. The lowest BCUT2D eigenvalue weighted by molar-refractivity contribution is 0.206. The van der Waals surface area contributed by atoms with Crippen molar-refractivity contribution in [2.45, 2.75) is 0 Å². The SMILES string of the molecule is COCN(c1ccncn1)[SiH](O)c1cc(Cl)c(F)cc1F. The molecule has 1 aromatic heterocycles. The highest BCUT2D eigenvalue weighted by molar-refractivity contribution is 6.70. The molecule has 0 aliphatic heterocycles. The molecular weight excluding hydrogens is 320 g/mol. The van der Waals surface area contributed by atoms with Gasteiger partial charge >= 0.3 is 9.20 Å². The van der Waals surface area contributed by atoms with E-state index >= 15 is 0 Å². The monoisotopic (exact) mass is 331 g/mol. The van der Waals surface area contributed by atoms with E-state index in [2.05, 4.69) is 9.97 Å². The van der Waals surface area contributed by atoms with Gasteiger partial charge in [0.05, 0.1) is 5.02 Å². The number of halogens is 3. The maximum Gasteiger partial charge on any atom is 0.321 e. The van der Waals surface area contributed by atoms with Crippen LogP contribution in [-0.4, -0.2) is 37.8 Å². The summed E-state index contributed by atoms with van der Waals surface area (Å²) in [5.74, 6) is -1.35. The number of aromatic nitrogens is 2. The second kappa shape index (κ2) is 6.90. The van der Waals surface area contributed by atoms with Gasteiger partial charge in [-0.2, -0.15) is 0 Å². The van der Waals surface area contributed by atoms with Crippen molar-refractivity contribution < 1.29 is 18.3 Å². The summed E-state index contributed by atoms with van der Waals surface area (Å²) in [6.45, 7) is -0.00115. The van der Waals surface area contributed by atoms with Gasteiger partial charge in [0.25, 0.3) is 0 Å². The quantitative estimate of drug-likeness (QED) is 0.502. The second-order valence-corrected chi connectivity index (χ2v) is 6.52. The summed E-state index contributed by atoms with van der Waals surface area (Å²) < 4.78 is 33.5. The summed E-state index contributed by atoms with van der Waals surface area (Å²) in [5, 5.41) is -0.296. The van der Waals surface area contributed by atoms with E-state index in [-0.39, 0.29) is 16.9 Å². The number of rotatable bonds is 5. The van der Waals surface area contributed by atoms with Gasteiger partial charge in [-0.3, -0.25) is 0 Å². The van der Waals surface area contributed by atoms with Crippen molar-refractivity contribution >= 4 is 31.8 Å². The van der Waals surface area contributed by atoms with Crippen molar-refractivity contribution in [1.82, 2.24) is 9.97 Å². The third-order valence-electron chi connectivity index (χ3n) is 2.74. The Balaban J connectivity index is 2.39. The fraction of sp³-hybridized carbons (Fsp3) is 0.167. The number of methoxy groups -OCH3 is 1. The van der Waals surface area contributed by atoms with E-state index in [4.69, 9.17) is 16.3 Å². The summed E-state index contributed by atoms with van der Waals surface area (Å²) in [5.41, 5.74) is 0. The number of nitrogens with zero attached hydrogens (tertiary/aromatic N) is 3. The molecule has 1 atom stereocenters. The minimum atomic E-state index is -3.02. The van der Waals surface area contributed by atoms with Gasteiger partial charge in [0, 0.05) is 24.6 Å². The second-order valence-electron chi connectivity index (χ2n) is 4.12. The highest BCUT2D eigenvalue weighted by Crippen LogP contribution is 2.16. The molecule has 1 unspecified atom stereocenters. The smallest absolute Gasteiger partial charge is 0.321 e. The van der Waals surface area contributed by atoms with E-state index in [1.165, 1.54) is 24.2 Å². The highest BCUT2D eigenvalue weighted by Gasteiger charge is 2.26. The van der Waals surface area contributed by atoms with Crippen molar-refractivity contribution in [3.05, 3.63) is 47.4 Å². The molecule has 5 nitrogen and oxygen atoms in total. The first-order chi connectivity index (χ1) is 10.0. The van der Waals surface area contributed by atoms with Crippen LogP contribution in [0.1, 0.15) is 0 Å². The Hall–Kier alpha value is -1.61. The first kappa shape index (κ1) is 15.8. The van der Waals surface area contributed by atoms with E-state index in [0.717, 1.165) is 6.07 Å². The van der Waals surface area contributed by atoms with E-state index in [1.54, 1.807) is 6.07 Å². The number of hydrogen-bond acceptors (Lipinski definition) is 5. The largest absolute Gasteiger partial charge is 0.414 e. The van der Waals surface area contributed by atoms with Gasteiger partial charge in [-0.1, -0.05) is 11.6 Å². The predicted molar refractivity (Wildman–Crippen MR) is 76.8 cm³/mol. The Labute approximate surface area is 126 Å². The Morgan fingerprint density at radius 1 is 1.38 bits per heavy atom. The van der Waals surface area contributed by atoms with Gasteiger partial charge in [0.1, 0.15) is 30.5 Å². The average molecular weight is 332 g/mol. The zero-order chi connectivity index (χ0) is 15.4. The zero-order valence-electron chi connectivity index (χ0n) is 11.0. The van der Waals surface area contributed by atoms with Crippen LogP contribution in [-0.2, 0) is 4.74 Å². The Morgan fingerprint density at radius 3 is 2.76 bits per heavy atom. The minimum absolute atomic E-state index is 0.00115. The van der Waals surface area contributed by atoms with E-state index in [0.29, 0.717) is 11.9 Å². The van der Waals surface area contributed by atoms with Crippen LogP contribution in [0.5, 0.6) is 0 Å². The molecule has 112 valence electrons. The van der Waals surface area contributed by atoms with Gasteiger partial charge in [-0.05, 0) is 12.1 Å². The van der Waals surface area contributed by atoms with Gasteiger partial charge < -0.3 is 14.1 Å². The molecule has 21 heavy (non-hydrogen) atoms. The number of benzene rings is 1. The lowest BCUT2D eigenvalue weighted by Gasteiger charge is -2.27. The molecule has 9 heteroatoms. The lowest BCUT2D eigenvalue weighted by atomic mass is 10.3. The standard InChI is InChI=1S/C12H12ClF2N3O2Si/c1-20-7-18(12-2-3-16-6-17-12)21(19)11-4-8(13)9(14)5-10(11)15/h2-6,19,21H,7H2,1H3.